The van der Waals surface area contributed by atoms with Gasteiger partial charge in [-0.15, -0.1) is 0 Å². The average Bonchev–Trinajstić information content (AvgIpc) is 2.25. The van der Waals surface area contributed by atoms with Crippen molar-refractivity contribution in [3.05, 3.63) is 0 Å². The third-order valence-electron chi connectivity index (χ3n) is 2.39. The fourth-order valence-electron chi connectivity index (χ4n) is 1.68. The second kappa shape index (κ2) is 7.17. The first-order valence-corrected chi connectivity index (χ1v) is 5.37. The van der Waals surface area contributed by atoms with E-state index >= 15 is 0 Å². The first-order valence-electron chi connectivity index (χ1n) is 5.37. The summed E-state index contributed by atoms with van der Waals surface area (Å²) in [5.74, 6) is 0. The number of hydrogen-bond acceptors (Lipinski definition) is 4. The Morgan fingerprint density at radius 3 is 2.36 bits per heavy atom. The van der Waals surface area contributed by atoms with E-state index in [2.05, 4.69) is 0 Å². The van der Waals surface area contributed by atoms with Crippen LogP contribution >= 0.6 is 0 Å². The predicted molar refractivity (Wildman–Crippen MR) is 51.8 cm³/mol. The molecule has 0 radical (unpaired) electrons. The van der Waals surface area contributed by atoms with E-state index in [1.165, 1.54) is 0 Å². The highest BCUT2D eigenvalue weighted by Gasteiger charge is 2.22. The molecule has 14 heavy (non-hydrogen) atoms. The van der Waals surface area contributed by atoms with Crippen molar-refractivity contribution in [3.63, 3.8) is 0 Å². The van der Waals surface area contributed by atoms with Gasteiger partial charge in [0.25, 0.3) is 0 Å². The molecule has 4 nitrogen and oxygen atoms in total. The molecular formula is C10H20O4. The van der Waals surface area contributed by atoms with E-state index in [4.69, 9.17) is 19.6 Å². The first kappa shape index (κ1) is 11.9. The van der Waals surface area contributed by atoms with Crippen LogP contribution in [0.1, 0.15) is 32.6 Å². The van der Waals surface area contributed by atoms with Gasteiger partial charge < -0.3 is 9.84 Å². The molecule has 0 atom stereocenters. The number of ether oxygens (including phenoxy) is 1. The minimum absolute atomic E-state index is 0.107. The van der Waals surface area contributed by atoms with E-state index in [-0.39, 0.29) is 12.7 Å². The minimum Gasteiger partial charge on any atom is -0.394 e. The molecule has 0 bridgehead atoms. The molecule has 0 aromatic carbocycles. The van der Waals surface area contributed by atoms with Crippen LogP contribution in [0.25, 0.3) is 0 Å². The van der Waals surface area contributed by atoms with Gasteiger partial charge in [0.1, 0.15) is 0 Å². The molecule has 0 aromatic rings. The molecule has 0 aromatic heterocycles. The molecule has 1 rings (SSSR count). The van der Waals surface area contributed by atoms with Gasteiger partial charge in [0, 0.05) is 0 Å². The van der Waals surface area contributed by atoms with E-state index in [9.17, 15) is 0 Å². The summed E-state index contributed by atoms with van der Waals surface area (Å²) in [6.07, 6.45) is 4.48. The van der Waals surface area contributed by atoms with E-state index in [0.29, 0.717) is 19.3 Å². The maximum absolute atomic E-state index is 8.60. The third-order valence-corrected chi connectivity index (χ3v) is 2.39. The highest BCUT2D eigenvalue weighted by molar-refractivity contribution is 4.72. The Morgan fingerprint density at radius 2 is 1.79 bits per heavy atom. The number of aliphatic hydroxyl groups excluding tert-OH is 1. The lowest BCUT2D eigenvalue weighted by Gasteiger charge is -2.27. The molecule has 0 amide bonds. The van der Waals surface area contributed by atoms with Crippen LogP contribution in [0.3, 0.4) is 0 Å². The maximum Gasteiger partial charge on any atom is 0.0931 e. The third kappa shape index (κ3) is 4.37. The minimum atomic E-state index is 0.107. The number of rotatable bonds is 6. The smallest absolute Gasteiger partial charge is 0.0931 e. The van der Waals surface area contributed by atoms with Crippen LogP contribution in [0.4, 0.5) is 0 Å². The van der Waals surface area contributed by atoms with Crippen molar-refractivity contribution in [2.45, 2.75) is 44.8 Å². The summed E-state index contributed by atoms with van der Waals surface area (Å²) in [6, 6.07) is 0. The topological polar surface area (TPSA) is 47.9 Å². The number of hydrogen-bond donors (Lipinski definition) is 1. The van der Waals surface area contributed by atoms with Gasteiger partial charge in [-0.05, 0) is 32.6 Å². The van der Waals surface area contributed by atoms with Crippen molar-refractivity contribution in [2.75, 3.05) is 19.8 Å². The monoisotopic (exact) mass is 204 g/mol. The van der Waals surface area contributed by atoms with E-state index < -0.39 is 0 Å². The Kier molecular flexibility index (Phi) is 6.10. The zero-order valence-corrected chi connectivity index (χ0v) is 8.78. The largest absolute Gasteiger partial charge is 0.394 e. The summed E-state index contributed by atoms with van der Waals surface area (Å²) in [5.41, 5.74) is 0. The Hall–Kier alpha value is -0.160. The van der Waals surface area contributed by atoms with E-state index in [0.717, 1.165) is 25.7 Å². The molecule has 1 saturated carbocycles. The average molecular weight is 204 g/mol. The highest BCUT2D eigenvalue weighted by Crippen LogP contribution is 2.23. The van der Waals surface area contributed by atoms with Crippen LogP contribution in [0.5, 0.6) is 0 Å². The normalized spacial score (nSPS) is 27.9. The fourth-order valence-corrected chi connectivity index (χ4v) is 1.68. The molecule has 1 aliphatic rings. The summed E-state index contributed by atoms with van der Waals surface area (Å²) < 4.78 is 5.44. The molecular weight excluding hydrogens is 184 g/mol. The molecule has 1 fully saturated rings. The van der Waals surface area contributed by atoms with Gasteiger partial charge >= 0.3 is 0 Å². The van der Waals surface area contributed by atoms with Gasteiger partial charge in [-0.2, -0.15) is 0 Å². The van der Waals surface area contributed by atoms with Gasteiger partial charge in [-0.25, -0.2) is 9.78 Å². The van der Waals surface area contributed by atoms with Crippen LogP contribution in [0.2, 0.25) is 0 Å². The molecule has 0 unspecified atom stereocenters. The van der Waals surface area contributed by atoms with Crippen LogP contribution < -0.4 is 0 Å². The first-order chi connectivity index (χ1) is 6.86. The standard InChI is InChI=1S/C10H20O4/c1-2-13-14-10-5-3-9(4-6-10)12-8-7-11/h9-11H,2-8H2,1H3. The Morgan fingerprint density at radius 1 is 1.14 bits per heavy atom. The summed E-state index contributed by atoms with van der Waals surface area (Å²) >= 11 is 0. The summed E-state index contributed by atoms with van der Waals surface area (Å²) in [6.45, 7) is 3.06. The van der Waals surface area contributed by atoms with Gasteiger partial charge in [0.05, 0.1) is 32.0 Å². The van der Waals surface area contributed by atoms with Crippen molar-refractivity contribution >= 4 is 0 Å². The van der Waals surface area contributed by atoms with Gasteiger partial charge in [-0.3, -0.25) is 0 Å². The van der Waals surface area contributed by atoms with Crippen LogP contribution in [-0.2, 0) is 14.5 Å². The van der Waals surface area contributed by atoms with Gasteiger partial charge in [0.15, 0.2) is 0 Å². The molecule has 1 N–H and O–H groups in total. The summed E-state index contributed by atoms with van der Waals surface area (Å²) in [4.78, 5) is 10.1. The predicted octanol–water partition coefficient (Wildman–Crippen LogP) is 1.27. The zero-order valence-electron chi connectivity index (χ0n) is 8.78. The lowest BCUT2D eigenvalue weighted by atomic mass is 9.95. The summed E-state index contributed by atoms with van der Waals surface area (Å²) in [7, 11) is 0. The zero-order chi connectivity index (χ0) is 10.2. The molecule has 4 heteroatoms. The van der Waals surface area contributed by atoms with E-state index in [1.807, 2.05) is 6.92 Å². The Bertz CT molecular complexity index is 116. The second-order valence-electron chi connectivity index (χ2n) is 3.50. The van der Waals surface area contributed by atoms with Gasteiger partial charge in [-0.1, -0.05) is 0 Å². The molecule has 1 aliphatic carbocycles. The SMILES string of the molecule is CCOOC1CCC(OCCO)CC1. The van der Waals surface area contributed by atoms with Crippen LogP contribution in [0.15, 0.2) is 0 Å². The van der Waals surface area contributed by atoms with E-state index in [1.54, 1.807) is 0 Å². The highest BCUT2D eigenvalue weighted by atomic mass is 17.2. The summed E-state index contributed by atoms with van der Waals surface area (Å²) in [5, 5.41) is 8.60. The van der Waals surface area contributed by atoms with Crippen molar-refractivity contribution < 1.29 is 19.6 Å². The second-order valence-corrected chi connectivity index (χ2v) is 3.50. The van der Waals surface area contributed by atoms with Crippen LogP contribution in [0, 0.1) is 0 Å². The van der Waals surface area contributed by atoms with Crippen molar-refractivity contribution in [1.82, 2.24) is 0 Å². The fraction of sp³-hybridized carbons (Fsp3) is 1.00. The molecule has 0 aliphatic heterocycles. The van der Waals surface area contributed by atoms with Crippen molar-refractivity contribution in [3.8, 4) is 0 Å². The lowest BCUT2D eigenvalue weighted by molar-refractivity contribution is -0.327. The van der Waals surface area contributed by atoms with Crippen molar-refractivity contribution in [1.29, 1.82) is 0 Å². The Balaban J connectivity index is 2.05. The molecule has 0 spiro atoms. The van der Waals surface area contributed by atoms with Gasteiger partial charge in [0.2, 0.25) is 0 Å². The molecule has 0 saturated heterocycles. The lowest BCUT2D eigenvalue weighted by Crippen LogP contribution is -2.27. The molecule has 0 heterocycles. The molecule has 84 valence electrons. The number of aliphatic hydroxyl groups is 1. The van der Waals surface area contributed by atoms with Crippen molar-refractivity contribution in [2.24, 2.45) is 0 Å². The Labute approximate surface area is 85.1 Å². The maximum atomic E-state index is 8.60. The quantitative estimate of drug-likeness (QED) is 0.523. The van der Waals surface area contributed by atoms with Crippen LogP contribution in [-0.4, -0.2) is 37.1 Å².